The Morgan fingerprint density at radius 3 is 2.69 bits per heavy atom. The van der Waals surface area contributed by atoms with E-state index in [1.807, 2.05) is 13.8 Å². The quantitative estimate of drug-likeness (QED) is 0.787. The number of para-hydroxylation sites is 1. The molecule has 0 aliphatic rings. The van der Waals surface area contributed by atoms with Gasteiger partial charge in [-0.15, -0.1) is 0 Å². The van der Waals surface area contributed by atoms with Gasteiger partial charge in [-0.1, -0.05) is 12.1 Å². The van der Waals surface area contributed by atoms with Crippen LogP contribution in [0.4, 0.5) is 0 Å². The molecule has 0 spiro atoms. The Labute approximate surface area is 91.3 Å². The summed E-state index contributed by atoms with van der Waals surface area (Å²) in [5.74, 6) is -1.28. The maximum atomic E-state index is 11.6. The third-order valence-electron chi connectivity index (χ3n) is 2.47. The number of aromatic nitrogens is 2. The molecular weight excluding hydrogens is 208 g/mol. The molecule has 0 fully saturated rings. The minimum atomic E-state index is -1.28. The highest BCUT2D eigenvalue weighted by Gasteiger charge is 2.13. The van der Waals surface area contributed by atoms with E-state index >= 15 is 0 Å². The average Bonchev–Trinajstić information content (AvgIpc) is 2.52. The molecule has 0 bridgehead atoms. The number of fused-ring (bicyclic) bond motifs is 1. The zero-order valence-electron chi connectivity index (χ0n) is 8.98. The van der Waals surface area contributed by atoms with Crippen LogP contribution in [0.1, 0.15) is 30.2 Å². The van der Waals surface area contributed by atoms with Crippen LogP contribution in [0.5, 0.6) is 0 Å². The number of carboxylic acids is 1. The summed E-state index contributed by atoms with van der Waals surface area (Å²) >= 11 is 0. The van der Waals surface area contributed by atoms with Gasteiger partial charge in [-0.05, 0) is 19.9 Å². The van der Waals surface area contributed by atoms with Gasteiger partial charge in [0.25, 0.3) is 0 Å². The fraction of sp³-hybridized carbons (Fsp3) is 0.273. The average molecular weight is 219 g/mol. The summed E-state index contributed by atoms with van der Waals surface area (Å²) in [6, 6.07) is 4.57. The first-order valence-electron chi connectivity index (χ1n) is 4.97. The van der Waals surface area contributed by atoms with Crippen molar-refractivity contribution in [3.63, 3.8) is 0 Å². The number of hydrogen-bond donors (Lipinski definition) is 1. The third-order valence-corrected chi connectivity index (χ3v) is 2.47. The molecular formula is C11H11N2O3-. The highest BCUT2D eigenvalue weighted by atomic mass is 16.4. The summed E-state index contributed by atoms with van der Waals surface area (Å²) in [5.41, 5.74) is 0.631. The number of benzene rings is 1. The third kappa shape index (κ3) is 1.41. The topological polar surface area (TPSA) is 77.9 Å². The lowest BCUT2D eigenvalue weighted by Crippen LogP contribution is -2.25. The highest BCUT2D eigenvalue weighted by molar-refractivity contribution is 6.00. The normalized spacial score (nSPS) is 11.2. The number of carboxylic acid groups (broad SMARTS) is 1. The maximum absolute atomic E-state index is 11.6. The lowest BCUT2D eigenvalue weighted by molar-refractivity contribution is -0.254. The number of aromatic amines is 1. The van der Waals surface area contributed by atoms with Gasteiger partial charge in [-0.2, -0.15) is 0 Å². The molecule has 2 rings (SSSR count). The molecule has 1 N–H and O–H groups in total. The summed E-state index contributed by atoms with van der Waals surface area (Å²) < 4.78 is 1.42. The molecule has 1 heterocycles. The van der Waals surface area contributed by atoms with Crippen molar-refractivity contribution in [2.75, 3.05) is 0 Å². The van der Waals surface area contributed by atoms with E-state index in [4.69, 9.17) is 0 Å². The Balaban J connectivity index is 2.94. The number of imidazole rings is 1. The number of rotatable bonds is 2. The second-order valence-electron chi connectivity index (χ2n) is 3.88. The van der Waals surface area contributed by atoms with Crippen molar-refractivity contribution in [2.45, 2.75) is 19.9 Å². The zero-order chi connectivity index (χ0) is 11.9. The predicted molar refractivity (Wildman–Crippen MR) is 57.3 cm³/mol. The number of nitrogens with zero attached hydrogens (tertiary/aromatic N) is 1. The standard InChI is InChI=1S/C11H12N2O3/c1-6(2)13-9-7(10(14)15)4-3-5-8(9)12-11(13)16/h3-6H,1-2H3,(H,12,16)(H,14,15)/p-1. The maximum Gasteiger partial charge on any atom is 0.326 e. The van der Waals surface area contributed by atoms with Crippen LogP contribution in [-0.2, 0) is 0 Å². The summed E-state index contributed by atoms with van der Waals surface area (Å²) in [6.45, 7) is 3.64. The number of H-pyrrole nitrogens is 1. The molecule has 0 unspecified atom stereocenters. The van der Waals surface area contributed by atoms with E-state index < -0.39 is 5.97 Å². The van der Waals surface area contributed by atoms with Crippen molar-refractivity contribution in [3.8, 4) is 0 Å². The molecule has 5 heteroatoms. The first kappa shape index (κ1) is 10.5. The SMILES string of the molecule is CC(C)n1c(=O)[nH]c2cccc(C(=O)[O-])c21. The van der Waals surface area contributed by atoms with Crippen molar-refractivity contribution in [2.24, 2.45) is 0 Å². The minimum Gasteiger partial charge on any atom is -0.545 e. The van der Waals surface area contributed by atoms with Crippen LogP contribution in [0.15, 0.2) is 23.0 Å². The summed E-state index contributed by atoms with van der Waals surface area (Å²) in [4.78, 5) is 25.2. The first-order chi connectivity index (χ1) is 7.52. The van der Waals surface area contributed by atoms with Crippen LogP contribution < -0.4 is 10.8 Å². The molecule has 84 valence electrons. The van der Waals surface area contributed by atoms with E-state index in [0.717, 1.165) is 0 Å². The molecule has 5 nitrogen and oxygen atoms in total. The smallest absolute Gasteiger partial charge is 0.326 e. The van der Waals surface area contributed by atoms with Crippen LogP contribution >= 0.6 is 0 Å². The molecule has 0 saturated carbocycles. The van der Waals surface area contributed by atoms with Crippen molar-refractivity contribution >= 4 is 17.0 Å². The lowest BCUT2D eigenvalue weighted by Gasteiger charge is -2.11. The van der Waals surface area contributed by atoms with Gasteiger partial charge in [-0.25, -0.2) is 4.79 Å². The van der Waals surface area contributed by atoms with Crippen LogP contribution in [-0.4, -0.2) is 15.5 Å². The van der Waals surface area contributed by atoms with Crippen molar-refractivity contribution < 1.29 is 9.90 Å². The largest absolute Gasteiger partial charge is 0.545 e. The second-order valence-corrected chi connectivity index (χ2v) is 3.88. The molecule has 1 aromatic carbocycles. The number of aromatic carboxylic acids is 1. The molecule has 1 aromatic heterocycles. The Kier molecular flexibility index (Phi) is 2.30. The van der Waals surface area contributed by atoms with Gasteiger partial charge < -0.3 is 14.9 Å². The second kappa shape index (κ2) is 3.52. The monoisotopic (exact) mass is 219 g/mol. The van der Waals surface area contributed by atoms with Gasteiger partial charge in [0.05, 0.1) is 17.0 Å². The van der Waals surface area contributed by atoms with E-state index in [9.17, 15) is 14.7 Å². The number of carbonyl (C=O) groups excluding carboxylic acids is 1. The van der Waals surface area contributed by atoms with Crippen LogP contribution in [0.3, 0.4) is 0 Å². The van der Waals surface area contributed by atoms with E-state index in [1.54, 1.807) is 12.1 Å². The molecule has 0 aliphatic heterocycles. The van der Waals surface area contributed by atoms with Gasteiger partial charge in [0, 0.05) is 11.6 Å². The number of nitrogens with one attached hydrogen (secondary N) is 1. The molecule has 0 saturated heterocycles. The molecule has 0 amide bonds. The summed E-state index contributed by atoms with van der Waals surface area (Å²) in [7, 11) is 0. The fourth-order valence-electron chi connectivity index (χ4n) is 1.84. The summed E-state index contributed by atoms with van der Waals surface area (Å²) in [6.07, 6.45) is 0. The predicted octanol–water partition coefficient (Wildman–Crippen LogP) is 0.274. The Morgan fingerprint density at radius 2 is 2.12 bits per heavy atom. The van der Waals surface area contributed by atoms with E-state index in [2.05, 4.69) is 4.98 Å². The van der Waals surface area contributed by atoms with Crippen LogP contribution in [0.2, 0.25) is 0 Å². The van der Waals surface area contributed by atoms with Gasteiger partial charge in [-0.3, -0.25) is 4.57 Å². The van der Waals surface area contributed by atoms with E-state index in [1.165, 1.54) is 10.6 Å². The van der Waals surface area contributed by atoms with Crippen LogP contribution in [0.25, 0.3) is 11.0 Å². The molecule has 0 radical (unpaired) electrons. The highest BCUT2D eigenvalue weighted by Crippen LogP contribution is 2.18. The van der Waals surface area contributed by atoms with Gasteiger partial charge in [0.2, 0.25) is 0 Å². The van der Waals surface area contributed by atoms with Gasteiger partial charge in [0.1, 0.15) is 0 Å². The number of carbonyl (C=O) groups is 1. The fourth-order valence-corrected chi connectivity index (χ4v) is 1.84. The number of hydrogen-bond acceptors (Lipinski definition) is 3. The zero-order valence-corrected chi connectivity index (χ0v) is 8.98. The Bertz CT molecular complexity index is 607. The van der Waals surface area contributed by atoms with Crippen LogP contribution in [0, 0.1) is 0 Å². The van der Waals surface area contributed by atoms with E-state index in [0.29, 0.717) is 11.0 Å². The summed E-state index contributed by atoms with van der Waals surface area (Å²) in [5, 5.41) is 11.0. The van der Waals surface area contributed by atoms with Crippen molar-refractivity contribution in [1.29, 1.82) is 0 Å². The van der Waals surface area contributed by atoms with Crippen molar-refractivity contribution in [1.82, 2.24) is 9.55 Å². The Morgan fingerprint density at radius 1 is 1.44 bits per heavy atom. The molecule has 0 aliphatic carbocycles. The van der Waals surface area contributed by atoms with Crippen molar-refractivity contribution in [3.05, 3.63) is 34.2 Å². The minimum absolute atomic E-state index is 0.0320. The molecule has 0 atom stereocenters. The lowest BCUT2D eigenvalue weighted by atomic mass is 10.2. The van der Waals surface area contributed by atoms with Gasteiger partial charge in [0.15, 0.2) is 0 Å². The molecule has 2 aromatic rings. The van der Waals surface area contributed by atoms with Gasteiger partial charge >= 0.3 is 5.69 Å². The molecule has 16 heavy (non-hydrogen) atoms. The van der Waals surface area contributed by atoms with E-state index in [-0.39, 0.29) is 17.3 Å². The Hall–Kier alpha value is -2.04. The first-order valence-corrected chi connectivity index (χ1v) is 4.97.